The molecule has 0 aliphatic rings. The average Bonchev–Trinajstić information content (AvgIpc) is 2.31. The SMILES string of the molecule is CNCC(O)CN(C)C(=O)c1cc(Cl)ccc1Br. The first kappa shape index (κ1) is 15.4. The molecule has 100 valence electrons. The standard InChI is InChI=1S/C12H16BrClN2O2/c1-15-6-9(17)7-16(2)12(18)10-5-8(14)3-4-11(10)13/h3-5,9,15,17H,6-7H2,1-2H3. The summed E-state index contributed by atoms with van der Waals surface area (Å²) >= 11 is 9.19. The average molecular weight is 336 g/mol. The molecule has 0 spiro atoms. The molecule has 0 aliphatic heterocycles. The van der Waals surface area contributed by atoms with Gasteiger partial charge in [-0.2, -0.15) is 0 Å². The Balaban J connectivity index is 2.77. The summed E-state index contributed by atoms with van der Waals surface area (Å²) in [6.45, 7) is 0.701. The number of nitrogens with one attached hydrogen (secondary N) is 1. The van der Waals surface area contributed by atoms with Gasteiger partial charge in [-0.1, -0.05) is 11.6 Å². The van der Waals surface area contributed by atoms with E-state index in [4.69, 9.17) is 11.6 Å². The van der Waals surface area contributed by atoms with E-state index in [-0.39, 0.29) is 12.5 Å². The van der Waals surface area contributed by atoms with E-state index < -0.39 is 6.10 Å². The number of nitrogens with zero attached hydrogens (tertiary/aromatic N) is 1. The first-order chi connectivity index (χ1) is 8.45. The maximum atomic E-state index is 12.2. The van der Waals surface area contributed by atoms with Crippen molar-refractivity contribution in [3.63, 3.8) is 0 Å². The van der Waals surface area contributed by atoms with E-state index in [2.05, 4.69) is 21.2 Å². The number of aliphatic hydroxyl groups excluding tert-OH is 1. The maximum absolute atomic E-state index is 12.2. The van der Waals surface area contributed by atoms with Crippen LogP contribution < -0.4 is 5.32 Å². The lowest BCUT2D eigenvalue weighted by Crippen LogP contribution is -2.38. The monoisotopic (exact) mass is 334 g/mol. The van der Waals surface area contributed by atoms with Crippen LogP contribution in [0, 0.1) is 0 Å². The fourth-order valence-electron chi connectivity index (χ4n) is 1.57. The second-order valence-corrected chi connectivity index (χ2v) is 5.31. The first-order valence-electron chi connectivity index (χ1n) is 5.49. The van der Waals surface area contributed by atoms with Crippen LogP contribution in [-0.2, 0) is 0 Å². The molecule has 0 saturated carbocycles. The summed E-state index contributed by atoms with van der Waals surface area (Å²) in [5, 5.41) is 13.0. The van der Waals surface area contributed by atoms with E-state index in [1.807, 2.05) is 0 Å². The molecule has 1 rings (SSSR count). The number of hydrogen-bond donors (Lipinski definition) is 2. The quantitative estimate of drug-likeness (QED) is 0.862. The van der Waals surface area contributed by atoms with Crippen molar-refractivity contribution < 1.29 is 9.90 Å². The smallest absolute Gasteiger partial charge is 0.254 e. The Morgan fingerprint density at radius 1 is 1.61 bits per heavy atom. The van der Waals surface area contributed by atoms with Crippen LogP contribution in [-0.4, -0.2) is 49.2 Å². The van der Waals surface area contributed by atoms with Crippen LogP contribution in [0.4, 0.5) is 0 Å². The lowest BCUT2D eigenvalue weighted by atomic mass is 10.2. The molecule has 18 heavy (non-hydrogen) atoms. The van der Waals surface area contributed by atoms with E-state index in [0.717, 1.165) is 0 Å². The largest absolute Gasteiger partial charge is 0.390 e. The Kier molecular flexibility index (Phi) is 6.08. The van der Waals surface area contributed by atoms with Gasteiger partial charge in [0, 0.05) is 29.6 Å². The zero-order valence-electron chi connectivity index (χ0n) is 10.3. The van der Waals surface area contributed by atoms with Gasteiger partial charge in [-0.05, 0) is 41.2 Å². The fraction of sp³-hybridized carbons (Fsp3) is 0.417. The summed E-state index contributed by atoms with van der Waals surface area (Å²) in [6, 6.07) is 5.04. The third kappa shape index (κ3) is 4.24. The highest BCUT2D eigenvalue weighted by molar-refractivity contribution is 9.10. The van der Waals surface area contributed by atoms with Gasteiger partial charge in [-0.3, -0.25) is 4.79 Å². The summed E-state index contributed by atoms with van der Waals surface area (Å²) in [6.07, 6.45) is -0.595. The molecule has 0 bridgehead atoms. The number of carbonyl (C=O) groups is 1. The van der Waals surface area contributed by atoms with E-state index in [1.165, 1.54) is 4.90 Å². The van der Waals surface area contributed by atoms with Gasteiger partial charge < -0.3 is 15.3 Å². The summed E-state index contributed by atoms with van der Waals surface area (Å²) in [5.41, 5.74) is 0.488. The van der Waals surface area contributed by atoms with Crippen molar-refractivity contribution in [2.24, 2.45) is 0 Å². The van der Waals surface area contributed by atoms with Crippen molar-refractivity contribution >= 4 is 33.4 Å². The Labute approximate surface area is 120 Å². The van der Waals surface area contributed by atoms with Crippen molar-refractivity contribution in [2.45, 2.75) is 6.10 Å². The van der Waals surface area contributed by atoms with Crippen LogP contribution in [0.2, 0.25) is 5.02 Å². The van der Waals surface area contributed by atoms with Crippen LogP contribution in [0.1, 0.15) is 10.4 Å². The zero-order chi connectivity index (χ0) is 13.7. The molecule has 4 nitrogen and oxygen atoms in total. The van der Waals surface area contributed by atoms with Gasteiger partial charge in [-0.25, -0.2) is 0 Å². The highest BCUT2D eigenvalue weighted by Gasteiger charge is 2.17. The van der Waals surface area contributed by atoms with Gasteiger partial charge in [0.25, 0.3) is 5.91 Å². The van der Waals surface area contributed by atoms with E-state index in [0.29, 0.717) is 21.6 Å². The highest BCUT2D eigenvalue weighted by Crippen LogP contribution is 2.22. The summed E-state index contributed by atoms with van der Waals surface area (Å²) in [5.74, 6) is -0.181. The molecule has 0 saturated heterocycles. The molecular weight excluding hydrogens is 320 g/mol. The number of carbonyl (C=O) groups excluding carboxylic acids is 1. The van der Waals surface area contributed by atoms with E-state index >= 15 is 0 Å². The number of rotatable bonds is 5. The lowest BCUT2D eigenvalue weighted by molar-refractivity contribution is 0.0683. The Bertz CT molecular complexity index is 429. The van der Waals surface area contributed by atoms with Gasteiger partial charge in [0.15, 0.2) is 0 Å². The maximum Gasteiger partial charge on any atom is 0.254 e. The van der Waals surface area contributed by atoms with Crippen molar-refractivity contribution in [2.75, 3.05) is 27.2 Å². The van der Waals surface area contributed by atoms with Gasteiger partial charge >= 0.3 is 0 Å². The molecule has 1 atom stereocenters. The molecule has 1 unspecified atom stereocenters. The van der Waals surface area contributed by atoms with Crippen molar-refractivity contribution in [1.82, 2.24) is 10.2 Å². The number of likely N-dealkylation sites (N-methyl/N-ethyl adjacent to an activating group) is 2. The summed E-state index contributed by atoms with van der Waals surface area (Å²) < 4.78 is 0.687. The highest BCUT2D eigenvalue weighted by atomic mass is 79.9. The van der Waals surface area contributed by atoms with Crippen LogP contribution in [0.5, 0.6) is 0 Å². The van der Waals surface area contributed by atoms with Crippen LogP contribution in [0.25, 0.3) is 0 Å². The van der Waals surface area contributed by atoms with Crippen LogP contribution in [0.15, 0.2) is 22.7 Å². The molecule has 1 amide bonds. The van der Waals surface area contributed by atoms with Crippen LogP contribution >= 0.6 is 27.5 Å². The predicted molar refractivity (Wildman–Crippen MR) is 76.0 cm³/mol. The molecule has 1 aromatic carbocycles. The van der Waals surface area contributed by atoms with E-state index in [9.17, 15) is 9.90 Å². The minimum Gasteiger partial charge on any atom is -0.390 e. The van der Waals surface area contributed by atoms with E-state index in [1.54, 1.807) is 32.3 Å². The third-order valence-corrected chi connectivity index (χ3v) is 3.36. The number of halogens is 2. The Hall–Kier alpha value is -0.620. The topological polar surface area (TPSA) is 52.6 Å². The first-order valence-corrected chi connectivity index (χ1v) is 6.66. The van der Waals surface area contributed by atoms with Gasteiger partial charge in [-0.15, -0.1) is 0 Å². The molecule has 2 N–H and O–H groups in total. The second-order valence-electron chi connectivity index (χ2n) is 4.02. The Morgan fingerprint density at radius 2 is 2.28 bits per heavy atom. The minimum absolute atomic E-state index is 0.181. The molecule has 0 fully saturated rings. The van der Waals surface area contributed by atoms with Gasteiger partial charge in [0.2, 0.25) is 0 Å². The summed E-state index contributed by atoms with van der Waals surface area (Å²) in [7, 11) is 3.40. The normalized spacial score (nSPS) is 12.3. The number of hydrogen-bond acceptors (Lipinski definition) is 3. The molecule has 0 heterocycles. The third-order valence-electron chi connectivity index (χ3n) is 2.43. The number of benzene rings is 1. The molecular formula is C12H16BrClN2O2. The Morgan fingerprint density at radius 3 is 2.89 bits per heavy atom. The number of aliphatic hydroxyl groups is 1. The van der Waals surface area contributed by atoms with Gasteiger partial charge in [0.05, 0.1) is 11.7 Å². The van der Waals surface area contributed by atoms with Gasteiger partial charge in [0.1, 0.15) is 0 Å². The lowest BCUT2D eigenvalue weighted by Gasteiger charge is -2.21. The van der Waals surface area contributed by atoms with Crippen molar-refractivity contribution in [3.8, 4) is 0 Å². The zero-order valence-corrected chi connectivity index (χ0v) is 12.6. The molecule has 0 radical (unpaired) electrons. The molecule has 0 aromatic heterocycles. The predicted octanol–water partition coefficient (Wildman–Crippen LogP) is 1.75. The fourth-order valence-corrected chi connectivity index (χ4v) is 2.15. The van der Waals surface area contributed by atoms with Crippen LogP contribution in [0.3, 0.4) is 0 Å². The number of amides is 1. The molecule has 1 aromatic rings. The molecule has 6 heteroatoms. The minimum atomic E-state index is -0.595. The van der Waals surface area contributed by atoms with Crippen molar-refractivity contribution in [1.29, 1.82) is 0 Å². The molecule has 0 aliphatic carbocycles. The van der Waals surface area contributed by atoms with Crippen molar-refractivity contribution in [3.05, 3.63) is 33.3 Å². The summed E-state index contributed by atoms with van der Waals surface area (Å²) in [4.78, 5) is 13.6. The second kappa shape index (κ2) is 7.09.